The second-order valence-electron chi connectivity index (χ2n) is 3.92. The van der Waals surface area contributed by atoms with Crippen LogP contribution in [-0.2, 0) is 6.54 Å². The summed E-state index contributed by atoms with van der Waals surface area (Å²) in [6.45, 7) is 1.34. The van der Waals surface area contributed by atoms with Crippen LogP contribution < -0.4 is 10.5 Å². The molecule has 0 aromatic heterocycles. The van der Waals surface area contributed by atoms with Crippen LogP contribution in [0.3, 0.4) is 0 Å². The summed E-state index contributed by atoms with van der Waals surface area (Å²) in [5.74, 6) is 0.707. The lowest BCUT2D eigenvalue weighted by Crippen LogP contribution is -2.04. The van der Waals surface area contributed by atoms with Crippen LogP contribution in [0, 0.1) is 0 Å². The lowest BCUT2D eigenvalue weighted by atomic mass is 10.2. The van der Waals surface area contributed by atoms with Crippen LogP contribution in [0.15, 0.2) is 18.2 Å². The van der Waals surface area contributed by atoms with E-state index >= 15 is 0 Å². The smallest absolute Gasteiger partial charge is 0.142 e. The number of rotatable bonds is 8. The highest BCUT2D eigenvalue weighted by molar-refractivity contribution is 6.32. The van der Waals surface area contributed by atoms with Gasteiger partial charge in [0.25, 0.3) is 0 Å². The Morgan fingerprint density at radius 2 is 1.94 bits per heavy atom. The normalized spacial score (nSPS) is 10.5. The zero-order valence-corrected chi connectivity index (χ0v) is 10.7. The van der Waals surface area contributed by atoms with Gasteiger partial charge in [-0.05, 0) is 25.3 Å². The summed E-state index contributed by atoms with van der Waals surface area (Å²) < 4.78 is 5.66. The molecule has 1 aromatic rings. The molecule has 3 N–H and O–H groups in total. The summed E-state index contributed by atoms with van der Waals surface area (Å²) in [7, 11) is 0. The number of aliphatic hydroxyl groups is 1. The Balaban J connectivity index is 2.35. The van der Waals surface area contributed by atoms with Crippen LogP contribution in [0.1, 0.15) is 31.2 Å². The molecule has 0 spiro atoms. The highest BCUT2D eigenvalue weighted by Gasteiger charge is 2.06. The van der Waals surface area contributed by atoms with E-state index in [-0.39, 0.29) is 6.61 Å². The van der Waals surface area contributed by atoms with Gasteiger partial charge in [0.05, 0.1) is 11.6 Å². The van der Waals surface area contributed by atoms with Gasteiger partial charge in [-0.15, -0.1) is 0 Å². The lowest BCUT2D eigenvalue weighted by Gasteiger charge is -2.11. The minimum Gasteiger partial charge on any atom is -0.492 e. The number of halogens is 1. The maximum atomic E-state index is 8.64. The Hall–Kier alpha value is -0.770. The van der Waals surface area contributed by atoms with Crippen LogP contribution >= 0.6 is 11.6 Å². The van der Waals surface area contributed by atoms with Crippen molar-refractivity contribution in [1.29, 1.82) is 0 Å². The van der Waals surface area contributed by atoms with Crippen molar-refractivity contribution in [3.63, 3.8) is 0 Å². The topological polar surface area (TPSA) is 55.5 Å². The van der Waals surface area contributed by atoms with Gasteiger partial charge in [-0.3, -0.25) is 0 Å². The number of ether oxygens (including phenoxy) is 1. The fourth-order valence-electron chi connectivity index (χ4n) is 1.62. The van der Waals surface area contributed by atoms with E-state index < -0.39 is 0 Å². The summed E-state index contributed by atoms with van der Waals surface area (Å²) in [5, 5.41) is 9.26. The Morgan fingerprint density at radius 1 is 1.18 bits per heavy atom. The molecule has 1 aromatic carbocycles. The number of hydrogen-bond acceptors (Lipinski definition) is 3. The van der Waals surface area contributed by atoms with Crippen molar-refractivity contribution in [2.75, 3.05) is 13.2 Å². The number of benzene rings is 1. The van der Waals surface area contributed by atoms with Crippen molar-refractivity contribution in [3.05, 3.63) is 28.8 Å². The molecule has 0 fully saturated rings. The summed E-state index contributed by atoms with van der Waals surface area (Å²) in [5.41, 5.74) is 6.56. The summed E-state index contributed by atoms with van der Waals surface area (Å²) in [4.78, 5) is 0. The first-order valence-electron chi connectivity index (χ1n) is 6.00. The molecule has 0 radical (unpaired) electrons. The van der Waals surface area contributed by atoms with E-state index in [9.17, 15) is 0 Å². The molecule has 0 atom stereocenters. The van der Waals surface area contributed by atoms with E-state index in [2.05, 4.69) is 0 Å². The first-order valence-corrected chi connectivity index (χ1v) is 6.38. The van der Waals surface area contributed by atoms with Gasteiger partial charge >= 0.3 is 0 Å². The largest absolute Gasteiger partial charge is 0.492 e. The molecule has 0 heterocycles. The second kappa shape index (κ2) is 8.34. The third-order valence-electron chi connectivity index (χ3n) is 2.57. The van der Waals surface area contributed by atoms with Crippen LogP contribution in [-0.4, -0.2) is 18.3 Å². The molecule has 0 aliphatic rings. The molecule has 3 nitrogen and oxygen atoms in total. The number of hydrogen-bond donors (Lipinski definition) is 2. The van der Waals surface area contributed by atoms with Gasteiger partial charge in [0.2, 0.25) is 0 Å². The van der Waals surface area contributed by atoms with Gasteiger partial charge in [0.15, 0.2) is 0 Å². The van der Waals surface area contributed by atoms with Crippen LogP contribution in [0.5, 0.6) is 5.75 Å². The number of unbranched alkanes of at least 4 members (excludes halogenated alkanes) is 3. The zero-order valence-electron chi connectivity index (χ0n) is 9.99. The van der Waals surface area contributed by atoms with Crippen LogP contribution in [0.25, 0.3) is 0 Å². The van der Waals surface area contributed by atoms with E-state index in [0.29, 0.717) is 23.9 Å². The van der Waals surface area contributed by atoms with Gasteiger partial charge in [-0.2, -0.15) is 0 Å². The van der Waals surface area contributed by atoms with Crippen molar-refractivity contribution < 1.29 is 9.84 Å². The molecular formula is C13H20ClNO2. The number of para-hydroxylation sites is 1. The third kappa shape index (κ3) is 4.94. The summed E-state index contributed by atoms with van der Waals surface area (Å²) in [6, 6.07) is 5.60. The first-order chi connectivity index (χ1) is 8.29. The molecule has 0 aliphatic carbocycles. The monoisotopic (exact) mass is 257 g/mol. The summed E-state index contributed by atoms with van der Waals surface area (Å²) in [6.07, 6.45) is 3.92. The molecular weight excluding hydrogens is 238 g/mol. The van der Waals surface area contributed by atoms with E-state index in [4.69, 9.17) is 27.2 Å². The molecule has 0 aliphatic heterocycles. The van der Waals surface area contributed by atoms with Crippen molar-refractivity contribution in [2.45, 2.75) is 32.2 Å². The van der Waals surface area contributed by atoms with E-state index in [1.54, 1.807) is 0 Å². The third-order valence-corrected chi connectivity index (χ3v) is 2.86. The Morgan fingerprint density at radius 3 is 2.65 bits per heavy atom. The average Bonchev–Trinajstić information content (AvgIpc) is 2.35. The minimum atomic E-state index is 0.267. The van der Waals surface area contributed by atoms with E-state index in [0.717, 1.165) is 31.2 Å². The molecule has 4 heteroatoms. The van der Waals surface area contributed by atoms with Gasteiger partial charge in [0.1, 0.15) is 5.75 Å². The predicted octanol–water partition coefficient (Wildman–Crippen LogP) is 2.73. The van der Waals surface area contributed by atoms with Gasteiger partial charge in [0, 0.05) is 18.7 Å². The molecule has 0 amide bonds. The molecule has 0 saturated carbocycles. The maximum Gasteiger partial charge on any atom is 0.142 e. The van der Waals surface area contributed by atoms with Crippen LogP contribution in [0.2, 0.25) is 5.02 Å². The van der Waals surface area contributed by atoms with E-state index in [1.807, 2.05) is 18.2 Å². The Bertz CT molecular complexity index is 331. The summed E-state index contributed by atoms with van der Waals surface area (Å²) >= 11 is 6.06. The molecule has 96 valence electrons. The first kappa shape index (κ1) is 14.3. The lowest BCUT2D eigenvalue weighted by molar-refractivity contribution is 0.273. The van der Waals surface area contributed by atoms with Crippen molar-refractivity contribution in [2.24, 2.45) is 5.73 Å². The fourth-order valence-corrected chi connectivity index (χ4v) is 1.87. The van der Waals surface area contributed by atoms with Crippen molar-refractivity contribution in [1.82, 2.24) is 0 Å². The number of nitrogens with two attached hydrogens (primary N) is 1. The zero-order chi connectivity index (χ0) is 12.5. The molecule has 1 rings (SSSR count). The van der Waals surface area contributed by atoms with Crippen LogP contribution in [0.4, 0.5) is 0 Å². The SMILES string of the molecule is NCc1cccc(Cl)c1OCCCCCCO. The standard InChI is InChI=1S/C13H20ClNO2/c14-12-7-5-6-11(10-15)13(12)17-9-4-2-1-3-8-16/h5-7,16H,1-4,8-10,15H2. The van der Waals surface area contributed by atoms with E-state index in [1.165, 1.54) is 0 Å². The van der Waals surface area contributed by atoms with Gasteiger partial charge < -0.3 is 15.6 Å². The molecule has 0 bridgehead atoms. The average molecular weight is 258 g/mol. The molecule has 0 unspecified atom stereocenters. The van der Waals surface area contributed by atoms with Crippen molar-refractivity contribution in [3.8, 4) is 5.75 Å². The van der Waals surface area contributed by atoms with Gasteiger partial charge in [-0.1, -0.05) is 30.2 Å². The Kier molecular flexibility index (Phi) is 7.01. The molecule has 0 saturated heterocycles. The maximum absolute atomic E-state index is 8.64. The fraction of sp³-hybridized carbons (Fsp3) is 0.538. The van der Waals surface area contributed by atoms with Gasteiger partial charge in [-0.25, -0.2) is 0 Å². The Labute approximate surface area is 108 Å². The highest BCUT2D eigenvalue weighted by Crippen LogP contribution is 2.28. The van der Waals surface area contributed by atoms with Crippen molar-refractivity contribution >= 4 is 11.6 Å². The number of aliphatic hydroxyl groups excluding tert-OH is 1. The highest BCUT2D eigenvalue weighted by atomic mass is 35.5. The second-order valence-corrected chi connectivity index (χ2v) is 4.33. The predicted molar refractivity (Wildman–Crippen MR) is 70.4 cm³/mol. The molecule has 17 heavy (non-hydrogen) atoms. The quantitative estimate of drug-likeness (QED) is 0.704. The minimum absolute atomic E-state index is 0.267.